The van der Waals surface area contributed by atoms with E-state index in [1.165, 1.54) is 54.1 Å². The van der Waals surface area contributed by atoms with Gasteiger partial charge in [-0.05, 0) is 38.5 Å². The summed E-state index contributed by atoms with van der Waals surface area (Å²) < 4.78 is 33.7. The van der Waals surface area contributed by atoms with Crippen LogP contribution < -0.4 is 0 Å². The summed E-state index contributed by atoms with van der Waals surface area (Å²) in [7, 11) is 7.91. The number of ether oxygens (including phenoxy) is 5. The Balaban J connectivity index is 1.14. The summed E-state index contributed by atoms with van der Waals surface area (Å²) in [5.74, 6) is 3.94. The minimum atomic E-state index is -0.151. The van der Waals surface area contributed by atoms with Crippen LogP contribution in [-0.2, 0) is 33.3 Å². The standard InChI is InChI=1S/C32H46O7S10/c33-27(7-3-1-5-23-9-17-42-48-23)38-21-25-26(22-39-28(34)8-4-2-6-24-10-18-43-49-24)45-31(44-25)32-46-29-30(47-32)41-20-16-37-14-12-35-11-13-36-15-19-40-29/h23-24H,1-22H2. The van der Waals surface area contributed by atoms with Gasteiger partial charge in [-0.2, -0.15) is 0 Å². The van der Waals surface area contributed by atoms with Gasteiger partial charge in [-0.25, -0.2) is 0 Å². The molecule has 0 radical (unpaired) electrons. The van der Waals surface area contributed by atoms with Crippen molar-refractivity contribution < 1.29 is 33.3 Å². The highest BCUT2D eigenvalue weighted by Gasteiger charge is 2.31. The smallest absolute Gasteiger partial charge is 0.306 e. The van der Waals surface area contributed by atoms with E-state index in [-0.39, 0.29) is 25.2 Å². The van der Waals surface area contributed by atoms with E-state index in [4.69, 9.17) is 23.7 Å². The first-order valence-electron chi connectivity index (χ1n) is 16.9. The summed E-state index contributed by atoms with van der Waals surface area (Å²) in [4.78, 5) is 27.4. The lowest BCUT2D eigenvalue weighted by Gasteiger charge is -2.09. The Morgan fingerprint density at radius 2 is 1.00 bits per heavy atom. The molecule has 5 aliphatic heterocycles. The molecule has 5 heterocycles. The lowest BCUT2D eigenvalue weighted by atomic mass is 10.1. The third-order valence-corrected chi connectivity index (χ3v) is 22.2. The van der Waals surface area contributed by atoms with Crippen LogP contribution in [0.1, 0.15) is 64.2 Å². The highest BCUT2D eigenvalue weighted by Crippen LogP contribution is 2.63. The molecule has 0 aromatic carbocycles. The van der Waals surface area contributed by atoms with Crippen molar-refractivity contribution in [3.05, 3.63) is 26.8 Å². The molecule has 5 rings (SSSR count). The predicted molar refractivity (Wildman–Crippen MR) is 225 cm³/mol. The lowest BCUT2D eigenvalue weighted by Crippen LogP contribution is -2.11. The molecule has 0 aliphatic carbocycles. The van der Waals surface area contributed by atoms with E-state index in [9.17, 15) is 9.59 Å². The fourth-order valence-corrected chi connectivity index (χ4v) is 19.6. The molecular formula is C32H46O7S10. The third-order valence-electron chi connectivity index (χ3n) is 7.61. The van der Waals surface area contributed by atoms with Crippen molar-refractivity contribution in [1.82, 2.24) is 0 Å². The maximum Gasteiger partial charge on any atom is 0.306 e. The molecule has 17 heteroatoms. The topological polar surface area (TPSA) is 80.3 Å². The van der Waals surface area contributed by atoms with Gasteiger partial charge < -0.3 is 23.7 Å². The Morgan fingerprint density at radius 1 is 0.551 bits per heavy atom. The Hall–Kier alpha value is 1.54. The first kappa shape index (κ1) is 41.7. The molecule has 0 spiro atoms. The summed E-state index contributed by atoms with van der Waals surface area (Å²) in [6.45, 7) is 4.16. The average molecular weight is 863 g/mol. The number of rotatable bonds is 14. The maximum atomic E-state index is 12.7. The molecule has 2 saturated heterocycles. The first-order valence-corrected chi connectivity index (χ1v) is 26.9. The zero-order chi connectivity index (χ0) is 33.9. The van der Waals surface area contributed by atoms with E-state index < -0.39 is 0 Å². The molecule has 5 aliphatic rings. The minimum absolute atomic E-state index is 0.151. The highest BCUT2D eigenvalue weighted by molar-refractivity contribution is 8.77. The fourth-order valence-electron chi connectivity index (χ4n) is 4.97. The van der Waals surface area contributed by atoms with Gasteiger partial charge in [0.05, 0.1) is 56.6 Å². The van der Waals surface area contributed by atoms with Crippen LogP contribution in [0.2, 0.25) is 0 Å². The molecule has 49 heavy (non-hydrogen) atoms. The fraction of sp³-hybridized carbons (Fsp3) is 0.750. The van der Waals surface area contributed by atoms with Crippen molar-refractivity contribution in [3.8, 4) is 0 Å². The van der Waals surface area contributed by atoms with Crippen molar-refractivity contribution in [2.24, 2.45) is 0 Å². The van der Waals surface area contributed by atoms with Gasteiger partial charge in [0, 0.05) is 56.2 Å². The number of esters is 2. The van der Waals surface area contributed by atoms with Crippen LogP contribution in [0, 0.1) is 0 Å². The maximum absolute atomic E-state index is 12.7. The molecule has 0 saturated carbocycles. The van der Waals surface area contributed by atoms with E-state index in [0.717, 1.165) is 57.5 Å². The number of carbonyl (C=O) groups excluding carboxylic acids is 2. The SMILES string of the molecule is O=C(CCCCC1CCSS1)OCC1=C(COC(=O)CCCCC2CCSS2)SC(=C2SC3=C(SCCOCCOCCOCCS3)S2)S1. The Bertz CT molecular complexity index is 1070. The second kappa shape index (κ2) is 24.8. The van der Waals surface area contributed by atoms with Crippen LogP contribution in [-0.4, -0.2) is 98.3 Å². The molecule has 0 amide bonds. The van der Waals surface area contributed by atoms with E-state index >= 15 is 0 Å². The van der Waals surface area contributed by atoms with Crippen LogP contribution in [0.4, 0.5) is 0 Å². The van der Waals surface area contributed by atoms with E-state index in [1.54, 1.807) is 23.5 Å². The quantitative estimate of drug-likeness (QED) is 0.0943. The number of hydrogen-bond donors (Lipinski definition) is 0. The van der Waals surface area contributed by atoms with Gasteiger partial charge in [-0.1, -0.05) is 103 Å². The molecule has 0 aromatic rings. The van der Waals surface area contributed by atoms with Gasteiger partial charge in [0.25, 0.3) is 0 Å². The van der Waals surface area contributed by atoms with Gasteiger partial charge >= 0.3 is 11.9 Å². The zero-order valence-electron chi connectivity index (χ0n) is 27.7. The second-order valence-corrected chi connectivity index (χ2v) is 24.5. The summed E-state index contributed by atoms with van der Waals surface area (Å²) in [6, 6.07) is 0. The predicted octanol–water partition coefficient (Wildman–Crippen LogP) is 10.5. The van der Waals surface area contributed by atoms with Crippen LogP contribution in [0.25, 0.3) is 0 Å². The van der Waals surface area contributed by atoms with Gasteiger partial charge in [0.2, 0.25) is 0 Å². The summed E-state index contributed by atoms with van der Waals surface area (Å²) in [5, 5.41) is 1.46. The van der Waals surface area contributed by atoms with E-state index in [2.05, 4.69) is 0 Å². The largest absolute Gasteiger partial charge is 0.460 e. The number of unbranched alkanes of at least 4 members (excludes halogenated alkanes) is 2. The minimum Gasteiger partial charge on any atom is -0.460 e. The molecule has 7 nitrogen and oxygen atoms in total. The molecule has 2 unspecified atom stereocenters. The summed E-state index contributed by atoms with van der Waals surface area (Å²) in [6.07, 6.45) is 9.64. The lowest BCUT2D eigenvalue weighted by molar-refractivity contribution is -0.144. The summed E-state index contributed by atoms with van der Waals surface area (Å²) >= 11 is 10.6. The van der Waals surface area contributed by atoms with Gasteiger partial charge in [0.1, 0.15) is 13.2 Å². The molecule has 2 atom stereocenters. The van der Waals surface area contributed by atoms with Crippen molar-refractivity contribution in [3.63, 3.8) is 0 Å². The number of hydrogen-bond acceptors (Lipinski definition) is 17. The highest BCUT2D eigenvalue weighted by atomic mass is 33.1. The number of thioether (sulfide) groups is 6. The molecule has 2 fully saturated rings. The number of carbonyl (C=O) groups is 2. The molecule has 276 valence electrons. The Morgan fingerprint density at radius 3 is 1.45 bits per heavy atom. The van der Waals surface area contributed by atoms with Crippen LogP contribution in [0.5, 0.6) is 0 Å². The van der Waals surface area contributed by atoms with Crippen LogP contribution in [0.15, 0.2) is 26.8 Å². The molecular weight excluding hydrogens is 817 g/mol. The Kier molecular flexibility index (Phi) is 21.1. The van der Waals surface area contributed by atoms with Gasteiger partial charge in [-0.3, -0.25) is 9.59 Å². The van der Waals surface area contributed by atoms with Crippen LogP contribution in [0.3, 0.4) is 0 Å². The van der Waals surface area contributed by atoms with E-state index in [0.29, 0.717) is 52.5 Å². The monoisotopic (exact) mass is 862 g/mol. The second-order valence-electron chi connectivity index (χ2n) is 11.4. The summed E-state index contributed by atoms with van der Waals surface area (Å²) in [5.41, 5.74) is 0. The molecule has 0 aromatic heterocycles. The van der Waals surface area contributed by atoms with Crippen molar-refractivity contribution in [2.75, 3.05) is 75.9 Å². The zero-order valence-corrected chi connectivity index (χ0v) is 35.8. The first-order chi connectivity index (χ1) is 24.1. The van der Waals surface area contributed by atoms with Crippen LogP contribution >= 0.6 is 114 Å². The molecule has 0 bridgehead atoms. The average Bonchev–Trinajstić information content (AvgIpc) is 3.93. The van der Waals surface area contributed by atoms with Crippen molar-refractivity contribution in [1.29, 1.82) is 0 Å². The third kappa shape index (κ3) is 16.0. The Labute approximate surface area is 333 Å². The van der Waals surface area contributed by atoms with Gasteiger partial charge in [-0.15, -0.1) is 23.5 Å². The molecule has 0 N–H and O–H groups in total. The van der Waals surface area contributed by atoms with Crippen molar-refractivity contribution >= 4 is 126 Å². The normalized spacial score (nSPS) is 24.7. The van der Waals surface area contributed by atoms with E-state index in [1.807, 2.05) is 90.2 Å². The van der Waals surface area contributed by atoms with Gasteiger partial charge in [0.15, 0.2) is 0 Å². The van der Waals surface area contributed by atoms with Crippen molar-refractivity contribution in [2.45, 2.75) is 74.7 Å².